The van der Waals surface area contributed by atoms with E-state index in [4.69, 9.17) is 26.4 Å². The van der Waals surface area contributed by atoms with Gasteiger partial charge in [-0.15, -0.1) is 0 Å². The molecule has 0 atom stereocenters. The van der Waals surface area contributed by atoms with Crippen molar-refractivity contribution in [3.05, 3.63) is 42.0 Å². The first-order valence-corrected chi connectivity index (χ1v) is 7.88. The summed E-state index contributed by atoms with van der Waals surface area (Å²) in [6.07, 6.45) is 0. The van der Waals surface area contributed by atoms with Gasteiger partial charge in [0.2, 0.25) is 5.75 Å². The average Bonchev–Trinajstić information content (AvgIpc) is 2.61. The summed E-state index contributed by atoms with van der Waals surface area (Å²) in [7, 11) is 4.65. The summed E-state index contributed by atoms with van der Waals surface area (Å²) in [4.78, 5) is 11.3. The van der Waals surface area contributed by atoms with Crippen molar-refractivity contribution in [3.63, 3.8) is 0 Å². The summed E-state index contributed by atoms with van der Waals surface area (Å²) in [6, 6.07) is 10.6. The predicted octanol–water partition coefficient (Wildman–Crippen LogP) is 3.72. The van der Waals surface area contributed by atoms with Gasteiger partial charge in [-0.2, -0.15) is 0 Å². The molecule has 0 aliphatic heterocycles. The molecule has 2 rings (SSSR count). The highest BCUT2D eigenvalue weighted by Gasteiger charge is 2.13. The first-order chi connectivity index (χ1) is 12.0. The molecule has 0 fully saturated rings. The smallest absolute Gasteiger partial charge is 0.203 e. The molecule has 0 aromatic heterocycles. The third-order valence-electron chi connectivity index (χ3n) is 3.47. The van der Waals surface area contributed by atoms with Crippen LogP contribution in [-0.4, -0.2) is 32.2 Å². The normalized spacial score (nSPS) is 9.92. The number of anilines is 2. The van der Waals surface area contributed by atoms with Crippen molar-refractivity contribution in [2.24, 2.45) is 0 Å². The van der Waals surface area contributed by atoms with Crippen molar-refractivity contribution in [1.29, 1.82) is 0 Å². The number of Topliss-reactive ketones (excluding diaryl/α,β-unsaturated/α-hetero) is 1. The first kappa shape index (κ1) is 18.5. The van der Waals surface area contributed by atoms with E-state index in [-0.39, 0.29) is 5.78 Å². The molecular weight excluding hydrogens is 340 g/mol. The topological polar surface area (TPSA) is 68.8 Å². The number of hydrogen-bond donors (Lipinski definition) is 2. The SMILES string of the molecule is COc1cc(NC(=S)Nc2ccc(C(C)=O)cc2)cc(OC)c1OC. The molecule has 0 spiro atoms. The molecule has 0 saturated carbocycles. The number of rotatable bonds is 6. The summed E-state index contributed by atoms with van der Waals surface area (Å²) in [5.41, 5.74) is 2.11. The Morgan fingerprint density at radius 1 is 0.880 bits per heavy atom. The molecule has 0 unspecified atom stereocenters. The largest absolute Gasteiger partial charge is 0.493 e. The van der Waals surface area contributed by atoms with E-state index in [9.17, 15) is 4.79 Å². The van der Waals surface area contributed by atoms with Crippen LogP contribution in [0.1, 0.15) is 17.3 Å². The number of nitrogens with one attached hydrogen (secondary N) is 2. The Labute approximate surface area is 152 Å². The summed E-state index contributed by atoms with van der Waals surface area (Å²) < 4.78 is 15.9. The molecule has 2 N–H and O–H groups in total. The lowest BCUT2D eigenvalue weighted by atomic mass is 10.1. The van der Waals surface area contributed by atoms with Crippen LogP contribution in [0.25, 0.3) is 0 Å². The molecule has 0 aliphatic carbocycles. The highest BCUT2D eigenvalue weighted by atomic mass is 32.1. The van der Waals surface area contributed by atoms with Crippen LogP contribution >= 0.6 is 12.2 Å². The fourth-order valence-electron chi connectivity index (χ4n) is 2.23. The fraction of sp³-hybridized carbons (Fsp3) is 0.222. The van der Waals surface area contributed by atoms with E-state index >= 15 is 0 Å². The number of hydrogen-bond acceptors (Lipinski definition) is 5. The molecule has 6 nitrogen and oxygen atoms in total. The van der Waals surface area contributed by atoms with Crippen LogP contribution in [0.5, 0.6) is 17.2 Å². The van der Waals surface area contributed by atoms with Gasteiger partial charge < -0.3 is 24.8 Å². The van der Waals surface area contributed by atoms with Gasteiger partial charge in [0.1, 0.15) is 0 Å². The first-order valence-electron chi connectivity index (χ1n) is 7.47. The lowest BCUT2D eigenvalue weighted by Crippen LogP contribution is -2.19. The van der Waals surface area contributed by atoms with Crippen molar-refractivity contribution in [3.8, 4) is 17.2 Å². The molecule has 132 valence electrons. The molecule has 7 heteroatoms. The molecular formula is C18H20N2O4S. The van der Waals surface area contributed by atoms with Gasteiger partial charge in [0.05, 0.1) is 21.3 Å². The molecule has 0 heterocycles. The summed E-state index contributed by atoms with van der Waals surface area (Å²) >= 11 is 5.32. The van der Waals surface area contributed by atoms with Crippen molar-refractivity contribution in [2.75, 3.05) is 32.0 Å². The molecule has 0 aliphatic rings. The lowest BCUT2D eigenvalue weighted by Gasteiger charge is -2.16. The third kappa shape index (κ3) is 4.60. The Kier molecular flexibility index (Phi) is 6.19. The van der Waals surface area contributed by atoms with Crippen LogP contribution in [0.15, 0.2) is 36.4 Å². The van der Waals surface area contributed by atoms with E-state index in [1.165, 1.54) is 6.92 Å². The molecule has 0 saturated heterocycles. The Hall–Kier alpha value is -2.80. The van der Waals surface area contributed by atoms with Crippen LogP contribution in [-0.2, 0) is 0 Å². The predicted molar refractivity (Wildman–Crippen MR) is 102 cm³/mol. The van der Waals surface area contributed by atoms with Gasteiger partial charge in [0.25, 0.3) is 0 Å². The molecule has 2 aromatic carbocycles. The Balaban J connectivity index is 2.13. The Morgan fingerprint density at radius 2 is 1.40 bits per heavy atom. The molecule has 0 radical (unpaired) electrons. The summed E-state index contributed by atoms with van der Waals surface area (Å²) in [6.45, 7) is 1.53. The van der Waals surface area contributed by atoms with Crippen LogP contribution in [0, 0.1) is 0 Å². The number of benzene rings is 2. The zero-order valence-electron chi connectivity index (χ0n) is 14.5. The van der Waals surface area contributed by atoms with Crippen molar-refractivity contribution < 1.29 is 19.0 Å². The lowest BCUT2D eigenvalue weighted by molar-refractivity contribution is 0.101. The fourth-order valence-corrected chi connectivity index (χ4v) is 2.47. The van der Waals surface area contributed by atoms with Crippen LogP contribution < -0.4 is 24.8 Å². The average molecular weight is 360 g/mol. The standard InChI is InChI=1S/C18H20N2O4S/c1-11(21)12-5-7-13(8-6-12)19-18(25)20-14-9-15(22-2)17(24-4)16(10-14)23-3/h5-10H,1-4H3,(H2,19,20,25). The highest BCUT2D eigenvalue weighted by Crippen LogP contribution is 2.39. The summed E-state index contributed by atoms with van der Waals surface area (Å²) in [5.74, 6) is 1.58. The highest BCUT2D eigenvalue weighted by molar-refractivity contribution is 7.80. The number of carbonyl (C=O) groups is 1. The van der Waals surface area contributed by atoms with E-state index in [2.05, 4.69) is 10.6 Å². The quantitative estimate of drug-likeness (QED) is 0.601. The van der Waals surface area contributed by atoms with Gasteiger partial charge in [-0.05, 0) is 43.4 Å². The van der Waals surface area contributed by atoms with Gasteiger partial charge in [0.15, 0.2) is 22.4 Å². The maximum atomic E-state index is 11.3. The van der Waals surface area contributed by atoms with Gasteiger partial charge in [-0.3, -0.25) is 4.79 Å². The Bertz CT molecular complexity index is 750. The minimum absolute atomic E-state index is 0.0182. The summed E-state index contributed by atoms with van der Waals surface area (Å²) in [5, 5.41) is 6.52. The zero-order valence-corrected chi connectivity index (χ0v) is 15.3. The second-order valence-corrected chi connectivity index (χ2v) is 5.53. The second-order valence-electron chi connectivity index (χ2n) is 5.13. The van der Waals surface area contributed by atoms with Crippen molar-refractivity contribution in [2.45, 2.75) is 6.92 Å². The van der Waals surface area contributed by atoms with Gasteiger partial charge in [-0.25, -0.2) is 0 Å². The third-order valence-corrected chi connectivity index (χ3v) is 3.68. The van der Waals surface area contributed by atoms with E-state index in [0.717, 1.165) is 5.69 Å². The van der Waals surface area contributed by atoms with E-state index < -0.39 is 0 Å². The van der Waals surface area contributed by atoms with Gasteiger partial charge >= 0.3 is 0 Å². The maximum absolute atomic E-state index is 11.3. The minimum atomic E-state index is 0.0182. The van der Waals surface area contributed by atoms with E-state index in [1.807, 2.05) is 0 Å². The maximum Gasteiger partial charge on any atom is 0.203 e. The number of ether oxygens (including phenoxy) is 3. The number of ketones is 1. The van der Waals surface area contributed by atoms with E-state index in [0.29, 0.717) is 33.6 Å². The second kappa shape index (κ2) is 8.34. The number of thiocarbonyl (C=S) groups is 1. The number of methoxy groups -OCH3 is 3. The van der Waals surface area contributed by atoms with Crippen molar-refractivity contribution in [1.82, 2.24) is 0 Å². The zero-order chi connectivity index (χ0) is 18.4. The van der Waals surface area contributed by atoms with E-state index in [1.54, 1.807) is 57.7 Å². The van der Waals surface area contributed by atoms with Crippen LogP contribution in [0.4, 0.5) is 11.4 Å². The minimum Gasteiger partial charge on any atom is -0.493 e. The molecule has 2 aromatic rings. The molecule has 0 amide bonds. The van der Waals surface area contributed by atoms with Crippen molar-refractivity contribution >= 4 is 34.5 Å². The van der Waals surface area contributed by atoms with Crippen LogP contribution in [0.2, 0.25) is 0 Å². The Morgan fingerprint density at radius 3 is 1.84 bits per heavy atom. The monoisotopic (exact) mass is 360 g/mol. The van der Waals surface area contributed by atoms with Crippen LogP contribution in [0.3, 0.4) is 0 Å². The molecule has 25 heavy (non-hydrogen) atoms. The van der Waals surface area contributed by atoms with Gasteiger partial charge in [0, 0.05) is 29.1 Å². The molecule has 0 bridgehead atoms. The van der Waals surface area contributed by atoms with Gasteiger partial charge in [-0.1, -0.05) is 0 Å². The number of carbonyl (C=O) groups excluding carboxylic acids is 1.